The summed E-state index contributed by atoms with van der Waals surface area (Å²) in [7, 11) is 0. The summed E-state index contributed by atoms with van der Waals surface area (Å²) in [5.41, 5.74) is 1.37. The van der Waals surface area contributed by atoms with Crippen molar-refractivity contribution in [3.63, 3.8) is 0 Å². The standard InChI is InChI=1S/C25H14BrNO6/c26-15-9-10-20-18(12-15)23(29)21(32-20)11-14-5-1-4-8-19(14)33-22(28)13-27-24(30)16-6-2-3-7-17(16)25(27)31/h1-12H,13H2. The van der Waals surface area contributed by atoms with Crippen molar-refractivity contribution in [2.24, 2.45) is 0 Å². The van der Waals surface area contributed by atoms with Gasteiger partial charge in [-0.3, -0.25) is 19.3 Å². The molecule has 0 spiro atoms. The Morgan fingerprint density at radius 3 is 2.30 bits per heavy atom. The lowest BCUT2D eigenvalue weighted by molar-refractivity contribution is -0.134. The lowest BCUT2D eigenvalue weighted by atomic mass is 10.1. The highest BCUT2D eigenvalue weighted by molar-refractivity contribution is 9.10. The quantitative estimate of drug-likeness (QED) is 0.228. The summed E-state index contributed by atoms with van der Waals surface area (Å²) in [6.45, 7) is -0.536. The number of carbonyl (C=O) groups excluding carboxylic acids is 4. The molecule has 3 aromatic carbocycles. The van der Waals surface area contributed by atoms with Gasteiger partial charge in [0.05, 0.1) is 16.7 Å². The Hall–Kier alpha value is -4.04. The molecule has 0 bridgehead atoms. The van der Waals surface area contributed by atoms with Crippen LogP contribution in [0.25, 0.3) is 6.08 Å². The molecule has 0 saturated carbocycles. The summed E-state index contributed by atoms with van der Waals surface area (Å²) >= 11 is 3.34. The zero-order valence-corrected chi connectivity index (χ0v) is 18.5. The van der Waals surface area contributed by atoms with Gasteiger partial charge in [-0.1, -0.05) is 46.3 Å². The fourth-order valence-electron chi connectivity index (χ4n) is 3.66. The maximum absolute atomic E-state index is 12.7. The number of hydrogen-bond donors (Lipinski definition) is 0. The molecule has 8 heteroatoms. The van der Waals surface area contributed by atoms with Crippen LogP contribution >= 0.6 is 15.9 Å². The predicted octanol–water partition coefficient (Wildman–Crippen LogP) is 4.27. The molecule has 0 atom stereocenters. The molecule has 5 rings (SSSR count). The van der Waals surface area contributed by atoms with E-state index in [2.05, 4.69) is 15.9 Å². The number of nitrogens with zero attached hydrogens (tertiary/aromatic N) is 1. The van der Waals surface area contributed by atoms with Crippen LogP contribution in [-0.2, 0) is 4.79 Å². The summed E-state index contributed by atoms with van der Waals surface area (Å²) in [6, 6.07) is 18.1. The van der Waals surface area contributed by atoms with E-state index in [9.17, 15) is 19.2 Å². The van der Waals surface area contributed by atoms with Crippen molar-refractivity contribution in [2.75, 3.05) is 6.54 Å². The Morgan fingerprint density at radius 2 is 1.58 bits per heavy atom. The van der Waals surface area contributed by atoms with Crippen molar-refractivity contribution in [3.8, 4) is 11.5 Å². The maximum Gasteiger partial charge on any atom is 0.331 e. The molecule has 2 heterocycles. The van der Waals surface area contributed by atoms with Crippen molar-refractivity contribution in [1.29, 1.82) is 0 Å². The minimum absolute atomic E-state index is 0.0898. The summed E-state index contributed by atoms with van der Waals surface area (Å²) in [5.74, 6) is -1.48. The molecular weight excluding hydrogens is 490 g/mol. The van der Waals surface area contributed by atoms with E-state index in [4.69, 9.17) is 9.47 Å². The van der Waals surface area contributed by atoms with Crippen LogP contribution in [0.4, 0.5) is 0 Å². The number of carbonyl (C=O) groups is 4. The molecule has 3 aromatic rings. The minimum Gasteiger partial charge on any atom is -0.452 e. The van der Waals surface area contributed by atoms with Crippen molar-refractivity contribution >= 4 is 45.6 Å². The van der Waals surface area contributed by atoms with Crippen LogP contribution in [0.1, 0.15) is 36.6 Å². The maximum atomic E-state index is 12.7. The molecular formula is C25H14BrNO6. The van der Waals surface area contributed by atoms with Crippen molar-refractivity contribution in [3.05, 3.63) is 99.2 Å². The summed E-state index contributed by atoms with van der Waals surface area (Å²) < 4.78 is 11.9. The first kappa shape index (κ1) is 20.8. The van der Waals surface area contributed by atoms with Gasteiger partial charge in [0.15, 0.2) is 5.76 Å². The molecule has 0 radical (unpaired) electrons. The summed E-state index contributed by atoms with van der Waals surface area (Å²) in [4.78, 5) is 51.1. The minimum atomic E-state index is -0.791. The second kappa shape index (κ2) is 8.14. The Kier molecular flexibility index (Phi) is 5.14. The van der Waals surface area contributed by atoms with E-state index in [1.165, 1.54) is 18.2 Å². The first-order chi connectivity index (χ1) is 15.9. The molecule has 0 fully saturated rings. The third-order valence-corrected chi connectivity index (χ3v) is 5.72. The van der Waals surface area contributed by atoms with Gasteiger partial charge in [0.25, 0.3) is 11.8 Å². The molecule has 2 amide bonds. The van der Waals surface area contributed by atoms with Gasteiger partial charge in [-0.2, -0.15) is 0 Å². The van der Waals surface area contributed by atoms with Crippen molar-refractivity contribution in [2.45, 2.75) is 0 Å². The van der Waals surface area contributed by atoms with Crippen LogP contribution in [0.2, 0.25) is 0 Å². The highest BCUT2D eigenvalue weighted by Crippen LogP contribution is 2.35. The van der Waals surface area contributed by atoms with Crippen molar-refractivity contribution < 1.29 is 28.7 Å². The molecule has 0 N–H and O–H groups in total. The van der Waals surface area contributed by atoms with E-state index in [0.717, 1.165) is 9.37 Å². The van der Waals surface area contributed by atoms with E-state index in [1.54, 1.807) is 54.6 Å². The van der Waals surface area contributed by atoms with E-state index >= 15 is 0 Å². The van der Waals surface area contributed by atoms with E-state index in [0.29, 0.717) is 16.9 Å². The molecule has 33 heavy (non-hydrogen) atoms. The van der Waals surface area contributed by atoms with E-state index < -0.39 is 24.3 Å². The Labute approximate surface area is 196 Å². The van der Waals surface area contributed by atoms with Gasteiger partial charge in [0, 0.05) is 10.0 Å². The number of rotatable bonds is 4. The second-order valence-electron chi connectivity index (χ2n) is 7.33. The number of esters is 1. The molecule has 0 aliphatic carbocycles. The normalized spacial score (nSPS) is 15.5. The second-order valence-corrected chi connectivity index (χ2v) is 8.25. The Balaban J connectivity index is 1.35. The van der Waals surface area contributed by atoms with Gasteiger partial charge < -0.3 is 9.47 Å². The van der Waals surface area contributed by atoms with Gasteiger partial charge in [0.1, 0.15) is 18.0 Å². The number of Topliss-reactive ketones (excluding diaryl/α,β-unsaturated/α-hetero) is 1. The van der Waals surface area contributed by atoms with Gasteiger partial charge in [0.2, 0.25) is 5.78 Å². The van der Waals surface area contributed by atoms with E-state index in [-0.39, 0.29) is 28.4 Å². The average Bonchev–Trinajstić information content (AvgIpc) is 3.24. The lowest BCUT2D eigenvalue weighted by Gasteiger charge is -2.14. The number of amides is 2. The SMILES string of the molecule is O=C(CN1C(=O)c2ccccc2C1=O)Oc1ccccc1C=C1Oc2ccc(Br)cc2C1=O. The number of imide groups is 1. The topological polar surface area (TPSA) is 90.0 Å². The zero-order chi connectivity index (χ0) is 23.1. The Morgan fingerprint density at radius 1 is 0.909 bits per heavy atom. The third kappa shape index (κ3) is 3.74. The summed E-state index contributed by atoms with van der Waals surface area (Å²) in [5, 5.41) is 0. The average molecular weight is 504 g/mol. The molecule has 0 saturated heterocycles. The Bertz CT molecular complexity index is 1360. The molecule has 2 aliphatic heterocycles. The molecule has 0 unspecified atom stereocenters. The number of fused-ring (bicyclic) bond motifs is 2. The largest absolute Gasteiger partial charge is 0.452 e. The van der Waals surface area contributed by atoms with Gasteiger partial charge in [-0.05, 0) is 42.5 Å². The fourth-order valence-corrected chi connectivity index (χ4v) is 4.02. The van der Waals surface area contributed by atoms with Crippen LogP contribution in [0.3, 0.4) is 0 Å². The smallest absolute Gasteiger partial charge is 0.331 e. The highest BCUT2D eigenvalue weighted by atomic mass is 79.9. The molecule has 2 aliphatic rings. The van der Waals surface area contributed by atoms with Crippen LogP contribution < -0.4 is 9.47 Å². The number of ketones is 1. The number of ether oxygens (including phenoxy) is 2. The van der Waals surface area contributed by atoms with Crippen LogP contribution in [0, 0.1) is 0 Å². The molecule has 7 nitrogen and oxygen atoms in total. The number of allylic oxidation sites excluding steroid dienone is 1. The third-order valence-electron chi connectivity index (χ3n) is 5.22. The van der Waals surface area contributed by atoms with E-state index in [1.807, 2.05) is 0 Å². The van der Waals surface area contributed by atoms with Gasteiger partial charge in [-0.15, -0.1) is 0 Å². The zero-order valence-electron chi connectivity index (χ0n) is 16.9. The fraction of sp³-hybridized carbons (Fsp3) is 0.0400. The number of halogens is 1. The van der Waals surface area contributed by atoms with Gasteiger partial charge >= 0.3 is 5.97 Å². The molecule has 0 aromatic heterocycles. The summed E-state index contributed by atoms with van der Waals surface area (Å²) in [6.07, 6.45) is 1.49. The first-order valence-electron chi connectivity index (χ1n) is 9.91. The van der Waals surface area contributed by atoms with Crippen LogP contribution in [0.15, 0.2) is 77.0 Å². The highest BCUT2D eigenvalue weighted by Gasteiger charge is 2.36. The number of hydrogen-bond acceptors (Lipinski definition) is 6. The molecule has 162 valence electrons. The first-order valence-corrected chi connectivity index (χ1v) is 10.7. The van der Waals surface area contributed by atoms with Crippen molar-refractivity contribution in [1.82, 2.24) is 4.90 Å². The number of benzene rings is 3. The van der Waals surface area contributed by atoms with Gasteiger partial charge in [-0.25, -0.2) is 4.79 Å². The predicted molar refractivity (Wildman–Crippen MR) is 121 cm³/mol. The number of para-hydroxylation sites is 1. The van der Waals surface area contributed by atoms with Crippen LogP contribution in [-0.4, -0.2) is 35.0 Å². The lowest BCUT2D eigenvalue weighted by Crippen LogP contribution is -2.36. The van der Waals surface area contributed by atoms with Crippen LogP contribution in [0.5, 0.6) is 11.5 Å². The monoisotopic (exact) mass is 503 g/mol.